The molecule has 162 valence electrons. The maximum Gasteiger partial charge on any atom is 0.259 e. The lowest BCUT2D eigenvalue weighted by Crippen LogP contribution is -2.42. The number of fused-ring (bicyclic) bond motifs is 1. The van der Waals surface area contributed by atoms with Gasteiger partial charge in [0.2, 0.25) is 0 Å². The van der Waals surface area contributed by atoms with Crippen molar-refractivity contribution in [3.63, 3.8) is 0 Å². The van der Waals surface area contributed by atoms with Crippen LogP contribution in [0, 0.1) is 6.92 Å². The number of carbonyl (C=O) groups excluding carboxylic acids is 1. The number of nitrogens with zero attached hydrogens (tertiary/aromatic N) is 5. The maximum atomic E-state index is 13.2. The predicted octanol–water partition coefficient (Wildman–Crippen LogP) is 3.89. The maximum absolute atomic E-state index is 13.2. The smallest absolute Gasteiger partial charge is 0.259 e. The molecule has 5 rings (SSSR count). The Balaban J connectivity index is 1.35. The zero-order valence-electron chi connectivity index (χ0n) is 17.6. The monoisotopic (exact) mass is 447 g/mol. The molecule has 4 aromatic rings. The summed E-state index contributed by atoms with van der Waals surface area (Å²) in [6.45, 7) is 3.32. The second-order valence-corrected chi connectivity index (χ2v) is 8.30. The lowest BCUT2D eigenvalue weighted by Gasteiger charge is -2.32. The van der Waals surface area contributed by atoms with Gasteiger partial charge in [-0.25, -0.2) is 9.50 Å². The fourth-order valence-corrected chi connectivity index (χ4v) is 4.12. The van der Waals surface area contributed by atoms with Crippen molar-refractivity contribution < 1.29 is 9.53 Å². The highest BCUT2D eigenvalue weighted by atomic mass is 35.5. The average molecular weight is 448 g/mol. The molecular weight excluding hydrogens is 426 g/mol. The van der Waals surface area contributed by atoms with Gasteiger partial charge in [-0.3, -0.25) is 9.78 Å². The van der Waals surface area contributed by atoms with Crippen molar-refractivity contribution in [3.8, 4) is 0 Å². The molecule has 1 saturated heterocycles. The molecule has 0 bridgehead atoms. The Kier molecular flexibility index (Phi) is 5.59. The number of carbonyl (C=O) groups is 1. The fourth-order valence-electron chi connectivity index (χ4n) is 3.91. The van der Waals surface area contributed by atoms with Crippen molar-refractivity contribution in [1.29, 1.82) is 0 Å². The SMILES string of the molecule is Cc1cnc2c(C(=O)N3CCOC(c4cccc(Cc5ccccc5Cl)n4)C3)cnn2c1. The molecule has 0 spiro atoms. The Labute approximate surface area is 190 Å². The second-order valence-electron chi connectivity index (χ2n) is 7.89. The number of pyridine rings is 1. The van der Waals surface area contributed by atoms with Crippen molar-refractivity contribution in [2.24, 2.45) is 0 Å². The van der Waals surface area contributed by atoms with Crippen LogP contribution < -0.4 is 0 Å². The van der Waals surface area contributed by atoms with E-state index in [2.05, 4.69) is 10.1 Å². The van der Waals surface area contributed by atoms with Gasteiger partial charge >= 0.3 is 0 Å². The first-order valence-corrected chi connectivity index (χ1v) is 10.9. The van der Waals surface area contributed by atoms with Crippen LogP contribution in [0.25, 0.3) is 5.65 Å². The van der Waals surface area contributed by atoms with E-state index in [9.17, 15) is 4.79 Å². The molecule has 0 radical (unpaired) electrons. The highest BCUT2D eigenvalue weighted by molar-refractivity contribution is 6.31. The largest absolute Gasteiger partial charge is 0.368 e. The topological polar surface area (TPSA) is 72.6 Å². The van der Waals surface area contributed by atoms with E-state index in [1.54, 1.807) is 21.8 Å². The van der Waals surface area contributed by atoms with Crippen LogP contribution in [0.3, 0.4) is 0 Å². The quantitative estimate of drug-likeness (QED) is 0.474. The van der Waals surface area contributed by atoms with Crippen molar-refractivity contribution >= 4 is 23.2 Å². The van der Waals surface area contributed by atoms with Gasteiger partial charge in [0.1, 0.15) is 11.7 Å². The van der Waals surface area contributed by atoms with E-state index in [0.717, 1.165) is 27.5 Å². The van der Waals surface area contributed by atoms with Gasteiger partial charge in [0.15, 0.2) is 5.65 Å². The minimum atomic E-state index is -0.295. The summed E-state index contributed by atoms with van der Waals surface area (Å²) < 4.78 is 7.61. The normalized spacial score (nSPS) is 16.4. The molecule has 1 fully saturated rings. The van der Waals surface area contributed by atoms with Gasteiger partial charge in [-0.15, -0.1) is 0 Å². The first kappa shape index (κ1) is 20.6. The number of morpholine rings is 1. The first-order chi connectivity index (χ1) is 15.6. The number of ether oxygens (including phenoxy) is 1. The molecule has 0 N–H and O–H groups in total. The zero-order chi connectivity index (χ0) is 22.1. The molecule has 0 saturated carbocycles. The fraction of sp³-hybridized carbons (Fsp3) is 0.250. The molecule has 7 nitrogen and oxygen atoms in total. The molecule has 0 aliphatic carbocycles. The van der Waals surface area contributed by atoms with E-state index >= 15 is 0 Å². The Morgan fingerprint density at radius 2 is 2.06 bits per heavy atom. The number of aromatic nitrogens is 4. The minimum Gasteiger partial charge on any atom is -0.368 e. The van der Waals surface area contributed by atoms with Gasteiger partial charge in [-0.1, -0.05) is 35.9 Å². The highest BCUT2D eigenvalue weighted by Crippen LogP contribution is 2.24. The van der Waals surface area contributed by atoms with Crippen LogP contribution in [-0.4, -0.2) is 50.1 Å². The van der Waals surface area contributed by atoms with Crippen LogP contribution in [0.1, 0.15) is 39.0 Å². The standard InChI is InChI=1S/C24H22ClN5O2/c1-16-12-26-23-19(13-27-30(23)14-16)24(31)29-9-10-32-22(15-29)21-8-4-6-18(28-21)11-17-5-2-3-7-20(17)25/h2-8,12-14,22H,9-11,15H2,1H3. The van der Waals surface area contributed by atoms with E-state index in [1.807, 2.05) is 55.6 Å². The summed E-state index contributed by atoms with van der Waals surface area (Å²) in [5.74, 6) is -0.100. The lowest BCUT2D eigenvalue weighted by molar-refractivity contribution is -0.0247. The molecule has 1 atom stereocenters. The molecule has 3 aromatic heterocycles. The summed E-state index contributed by atoms with van der Waals surface area (Å²) in [5.41, 5.74) is 4.77. The van der Waals surface area contributed by atoms with Crippen LogP contribution in [0.2, 0.25) is 5.02 Å². The number of rotatable bonds is 4. The van der Waals surface area contributed by atoms with Crippen molar-refractivity contribution in [3.05, 3.63) is 94.2 Å². The summed E-state index contributed by atoms with van der Waals surface area (Å²) in [7, 11) is 0. The summed E-state index contributed by atoms with van der Waals surface area (Å²) in [6.07, 6.45) is 5.52. The van der Waals surface area contributed by atoms with Crippen LogP contribution in [0.5, 0.6) is 0 Å². The van der Waals surface area contributed by atoms with Gasteiger partial charge in [-0.2, -0.15) is 5.10 Å². The molecule has 1 aliphatic heterocycles. The van der Waals surface area contributed by atoms with Crippen molar-refractivity contribution in [2.45, 2.75) is 19.4 Å². The van der Waals surface area contributed by atoms with Crippen LogP contribution in [0.4, 0.5) is 0 Å². The van der Waals surface area contributed by atoms with Crippen LogP contribution >= 0.6 is 11.6 Å². The number of aryl methyl sites for hydroxylation is 1. The molecule has 8 heteroatoms. The second kappa shape index (κ2) is 8.68. The van der Waals surface area contributed by atoms with E-state index in [1.165, 1.54) is 0 Å². The zero-order valence-corrected chi connectivity index (χ0v) is 18.4. The third kappa shape index (κ3) is 4.09. The van der Waals surface area contributed by atoms with Gasteiger partial charge in [0.25, 0.3) is 5.91 Å². The molecule has 1 unspecified atom stereocenters. The average Bonchev–Trinajstić information content (AvgIpc) is 3.23. The highest BCUT2D eigenvalue weighted by Gasteiger charge is 2.29. The Bertz CT molecular complexity index is 1290. The number of halogens is 1. The Hall–Kier alpha value is -3.29. The Morgan fingerprint density at radius 3 is 2.94 bits per heavy atom. The van der Waals surface area contributed by atoms with Crippen molar-refractivity contribution in [2.75, 3.05) is 19.7 Å². The molecule has 32 heavy (non-hydrogen) atoms. The number of amides is 1. The lowest BCUT2D eigenvalue weighted by atomic mass is 10.1. The van der Waals surface area contributed by atoms with E-state index in [0.29, 0.717) is 37.3 Å². The molecule has 1 amide bonds. The van der Waals surface area contributed by atoms with Crippen LogP contribution in [-0.2, 0) is 11.2 Å². The van der Waals surface area contributed by atoms with Gasteiger partial charge in [0, 0.05) is 36.1 Å². The number of hydrogen-bond acceptors (Lipinski definition) is 5. The van der Waals surface area contributed by atoms with Gasteiger partial charge < -0.3 is 9.64 Å². The summed E-state index contributed by atoms with van der Waals surface area (Å²) in [4.78, 5) is 24.2. The summed E-state index contributed by atoms with van der Waals surface area (Å²) in [5, 5.41) is 5.01. The predicted molar refractivity (Wildman–Crippen MR) is 121 cm³/mol. The molecule has 1 aliphatic rings. The first-order valence-electron chi connectivity index (χ1n) is 10.5. The van der Waals surface area contributed by atoms with Crippen LogP contribution in [0.15, 0.2) is 61.1 Å². The number of benzene rings is 1. The van der Waals surface area contributed by atoms with E-state index in [4.69, 9.17) is 21.3 Å². The van der Waals surface area contributed by atoms with Gasteiger partial charge in [-0.05, 0) is 36.2 Å². The summed E-state index contributed by atoms with van der Waals surface area (Å²) in [6, 6.07) is 13.6. The Morgan fingerprint density at radius 1 is 1.19 bits per heavy atom. The molecule has 4 heterocycles. The third-order valence-electron chi connectivity index (χ3n) is 5.56. The van der Waals surface area contributed by atoms with E-state index < -0.39 is 0 Å². The van der Waals surface area contributed by atoms with Gasteiger partial charge in [0.05, 0.1) is 25.0 Å². The van der Waals surface area contributed by atoms with Crippen molar-refractivity contribution in [1.82, 2.24) is 24.5 Å². The minimum absolute atomic E-state index is 0.100. The van der Waals surface area contributed by atoms with E-state index in [-0.39, 0.29) is 12.0 Å². The third-order valence-corrected chi connectivity index (χ3v) is 5.93. The molecular formula is C24H22ClN5O2. The summed E-state index contributed by atoms with van der Waals surface area (Å²) >= 11 is 6.31. The number of hydrogen-bond donors (Lipinski definition) is 0. The molecule has 1 aromatic carbocycles.